The highest BCUT2D eigenvalue weighted by atomic mass is 16.6. The summed E-state index contributed by atoms with van der Waals surface area (Å²) in [6.45, 7) is 0. The van der Waals surface area contributed by atoms with Gasteiger partial charge < -0.3 is 10.2 Å². The Hall–Kier alpha value is -4.10. The lowest BCUT2D eigenvalue weighted by Crippen LogP contribution is -2.59. The maximum atomic E-state index is 12.5. The number of hydrogen-bond acceptors (Lipinski definition) is 9. The predicted octanol–water partition coefficient (Wildman–Crippen LogP) is 1.16. The molecule has 0 unspecified atom stereocenters. The van der Waals surface area contributed by atoms with Crippen LogP contribution < -0.4 is 5.43 Å². The first-order chi connectivity index (χ1) is 14.5. The second kappa shape index (κ2) is 6.45. The molecule has 1 aliphatic heterocycles. The summed E-state index contributed by atoms with van der Waals surface area (Å²) in [6.07, 6.45) is 0. The summed E-state index contributed by atoms with van der Waals surface area (Å²) in [7, 11) is 2.61. The number of nitro benzene ring substituents is 2. The zero-order valence-corrected chi connectivity index (χ0v) is 16.2. The number of nitrogens with zero attached hydrogens (tertiary/aromatic N) is 5. The van der Waals surface area contributed by atoms with Gasteiger partial charge in [-0.15, -0.1) is 0 Å². The third kappa shape index (κ3) is 2.44. The number of fused-ring (bicyclic) bond motifs is 3. The minimum atomic E-state index is -2.30. The number of carbonyl (C=O) groups is 1. The molecule has 0 radical (unpaired) electrons. The molecule has 2 aromatic carbocycles. The molecule has 4 rings (SSSR count). The lowest BCUT2D eigenvalue weighted by atomic mass is 9.99. The summed E-state index contributed by atoms with van der Waals surface area (Å²) in [5.74, 6) is 0. The van der Waals surface area contributed by atoms with Crippen molar-refractivity contribution in [3.63, 3.8) is 0 Å². The van der Waals surface area contributed by atoms with Crippen molar-refractivity contribution in [2.45, 2.75) is 11.4 Å². The molecule has 160 valence electrons. The first-order valence-corrected chi connectivity index (χ1v) is 8.88. The van der Waals surface area contributed by atoms with E-state index in [0.29, 0.717) is 5.56 Å². The SMILES string of the molecule is CN1C(=O)N(C)[C@]2(O)c3ccccc3/C(=N/Nc3ccc([N+](=O)[O-])cc3[N+](=O)[O-])[C@@]12O. The Labute approximate surface area is 174 Å². The molecule has 2 aliphatic rings. The van der Waals surface area contributed by atoms with Gasteiger partial charge in [-0.3, -0.25) is 35.5 Å². The number of nitro groups is 2. The summed E-state index contributed by atoms with van der Waals surface area (Å²) in [4.78, 5) is 35.1. The van der Waals surface area contributed by atoms with Gasteiger partial charge in [0, 0.05) is 31.3 Å². The molecule has 2 aromatic rings. The Morgan fingerprint density at radius 1 is 1.00 bits per heavy atom. The standard InChI is InChI=1S/C18H16N6O7/c1-21-16(25)22(2)18(27)15(11-5-3-4-6-12(11)17(18,21)26)20-19-13-8-7-10(23(28)29)9-14(13)24(30)31/h3-9,19,26-27H,1-2H3/b20-15-/t17-,18-/m0/s1. The van der Waals surface area contributed by atoms with E-state index in [9.17, 15) is 35.2 Å². The van der Waals surface area contributed by atoms with E-state index in [4.69, 9.17) is 0 Å². The molecule has 1 aliphatic carbocycles. The van der Waals surface area contributed by atoms with Gasteiger partial charge in [-0.2, -0.15) is 5.10 Å². The van der Waals surface area contributed by atoms with Crippen LogP contribution in [0.15, 0.2) is 47.6 Å². The van der Waals surface area contributed by atoms with Crippen molar-refractivity contribution < 1.29 is 24.9 Å². The van der Waals surface area contributed by atoms with Gasteiger partial charge in [0.05, 0.1) is 15.9 Å². The molecule has 31 heavy (non-hydrogen) atoms. The van der Waals surface area contributed by atoms with Gasteiger partial charge in [0.1, 0.15) is 11.4 Å². The van der Waals surface area contributed by atoms with Gasteiger partial charge in [-0.1, -0.05) is 24.3 Å². The van der Waals surface area contributed by atoms with E-state index in [2.05, 4.69) is 10.5 Å². The summed E-state index contributed by atoms with van der Waals surface area (Å²) in [5, 5.41) is 49.2. The van der Waals surface area contributed by atoms with E-state index >= 15 is 0 Å². The van der Waals surface area contributed by atoms with Crippen LogP contribution in [0.2, 0.25) is 0 Å². The molecular weight excluding hydrogens is 412 g/mol. The molecule has 1 saturated heterocycles. The van der Waals surface area contributed by atoms with Gasteiger partial charge in [0.25, 0.3) is 5.69 Å². The molecule has 1 heterocycles. The Morgan fingerprint density at radius 2 is 1.65 bits per heavy atom. The van der Waals surface area contributed by atoms with Crippen LogP contribution in [-0.4, -0.2) is 61.4 Å². The fourth-order valence-electron chi connectivity index (χ4n) is 3.98. The monoisotopic (exact) mass is 428 g/mol. The smallest absolute Gasteiger partial charge is 0.324 e. The number of non-ortho nitro benzene ring substituents is 1. The summed E-state index contributed by atoms with van der Waals surface area (Å²) in [6, 6.07) is 8.61. The molecule has 2 atom stereocenters. The van der Waals surface area contributed by atoms with Gasteiger partial charge in [0.15, 0.2) is 0 Å². The van der Waals surface area contributed by atoms with Crippen molar-refractivity contribution >= 4 is 28.8 Å². The number of anilines is 1. The average molecular weight is 428 g/mol. The van der Waals surface area contributed by atoms with E-state index in [-0.39, 0.29) is 17.0 Å². The van der Waals surface area contributed by atoms with Crippen LogP contribution >= 0.6 is 0 Å². The van der Waals surface area contributed by atoms with Crippen LogP contribution in [0.5, 0.6) is 0 Å². The van der Waals surface area contributed by atoms with E-state index in [1.807, 2.05) is 0 Å². The Bertz CT molecular complexity index is 1180. The van der Waals surface area contributed by atoms with Gasteiger partial charge in [0.2, 0.25) is 11.4 Å². The Balaban J connectivity index is 1.86. The third-order valence-electron chi connectivity index (χ3n) is 5.60. The quantitative estimate of drug-likeness (QED) is 0.480. The van der Waals surface area contributed by atoms with E-state index in [1.54, 1.807) is 18.2 Å². The lowest BCUT2D eigenvalue weighted by molar-refractivity contribution is -0.393. The van der Waals surface area contributed by atoms with Crippen LogP contribution in [0.25, 0.3) is 0 Å². The highest BCUT2D eigenvalue weighted by Crippen LogP contribution is 2.52. The van der Waals surface area contributed by atoms with Crippen molar-refractivity contribution in [3.8, 4) is 0 Å². The number of aliphatic hydroxyl groups is 2. The number of carbonyl (C=O) groups excluding carboxylic acids is 1. The van der Waals surface area contributed by atoms with Crippen LogP contribution in [0.4, 0.5) is 21.9 Å². The second-order valence-electron chi connectivity index (χ2n) is 7.08. The fraction of sp³-hybridized carbons (Fsp3) is 0.222. The molecule has 1 fully saturated rings. The molecule has 13 nitrogen and oxygen atoms in total. The largest absolute Gasteiger partial charge is 0.363 e. The number of hydrogen-bond donors (Lipinski definition) is 3. The van der Waals surface area contributed by atoms with Crippen LogP contribution in [-0.2, 0) is 5.72 Å². The van der Waals surface area contributed by atoms with Gasteiger partial charge in [-0.25, -0.2) is 4.79 Å². The van der Waals surface area contributed by atoms with Gasteiger partial charge >= 0.3 is 11.7 Å². The number of amides is 2. The molecule has 0 saturated carbocycles. The van der Waals surface area contributed by atoms with Crippen molar-refractivity contribution in [2.75, 3.05) is 19.5 Å². The van der Waals surface area contributed by atoms with Gasteiger partial charge in [-0.05, 0) is 6.07 Å². The molecule has 3 N–H and O–H groups in total. The molecular formula is C18H16N6O7. The Morgan fingerprint density at radius 3 is 2.29 bits per heavy atom. The highest BCUT2D eigenvalue weighted by molar-refractivity contribution is 6.15. The zero-order valence-electron chi connectivity index (χ0n) is 16.2. The van der Waals surface area contributed by atoms with E-state index in [1.165, 1.54) is 20.2 Å². The summed E-state index contributed by atoms with van der Waals surface area (Å²) >= 11 is 0. The van der Waals surface area contributed by atoms with E-state index in [0.717, 1.165) is 28.0 Å². The second-order valence-corrected chi connectivity index (χ2v) is 7.08. The number of benzene rings is 2. The fourth-order valence-corrected chi connectivity index (χ4v) is 3.98. The number of rotatable bonds is 4. The molecule has 2 amide bonds. The van der Waals surface area contributed by atoms with Crippen molar-refractivity contribution in [3.05, 3.63) is 73.8 Å². The normalized spacial score (nSPS) is 25.5. The Kier molecular flexibility index (Phi) is 4.20. The van der Waals surface area contributed by atoms with E-state index < -0.39 is 38.7 Å². The maximum absolute atomic E-state index is 12.5. The zero-order chi connectivity index (χ0) is 22.7. The third-order valence-corrected chi connectivity index (χ3v) is 5.60. The molecule has 0 aromatic heterocycles. The van der Waals surface area contributed by atoms with Crippen molar-refractivity contribution in [1.29, 1.82) is 0 Å². The predicted molar refractivity (Wildman–Crippen MR) is 106 cm³/mol. The lowest BCUT2D eigenvalue weighted by Gasteiger charge is -2.35. The summed E-state index contributed by atoms with van der Waals surface area (Å²) < 4.78 is 0. The summed E-state index contributed by atoms with van der Waals surface area (Å²) in [5.41, 5.74) is -2.90. The van der Waals surface area contributed by atoms with Crippen LogP contribution in [0, 0.1) is 20.2 Å². The number of nitrogens with one attached hydrogen (secondary N) is 1. The number of hydrazone groups is 1. The van der Waals surface area contributed by atoms with Crippen molar-refractivity contribution in [1.82, 2.24) is 9.80 Å². The molecule has 13 heteroatoms. The first-order valence-electron chi connectivity index (χ1n) is 8.88. The maximum Gasteiger partial charge on any atom is 0.324 e. The highest BCUT2D eigenvalue weighted by Gasteiger charge is 2.72. The average Bonchev–Trinajstić information content (AvgIpc) is 3.02. The van der Waals surface area contributed by atoms with Crippen molar-refractivity contribution in [2.24, 2.45) is 5.10 Å². The number of likely N-dealkylation sites (N-methyl/N-ethyl adjacent to an activating group) is 2. The number of urea groups is 1. The minimum absolute atomic E-state index is 0.154. The van der Waals surface area contributed by atoms with Crippen LogP contribution in [0.1, 0.15) is 11.1 Å². The van der Waals surface area contributed by atoms with Crippen LogP contribution in [0.3, 0.4) is 0 Å². The molecule has 0 bridgehead atoms. The molecule has 0 spiro atoms. The minimum Gasteiger partial charge on any atom is -0.363 e. The topological polar surface area (TPSA) is 175 Å². The first kappa shape index (κ1) is 20.2.